The SMILES string of the molecule is Cc1ccc(C)c2sc(N(Cc3ccccc3)C(=O)c3ccc(S(=O)(=O)N(C)C4CCCCC4)cc3)nc12. The number of aromatic nitrogens is 1. The average molecular weight is 548 g/mol. The summed E-state index contributed by atoms with van der Waals surface area (Å²) in [5, 5.41) is 0.625. The Balaban J connectivity index is 1.47. The predicted octanol–water partition coefficient (Wildman–Crippen LogP) is 6.71. The minimum absolute atomic E-state index is 0.0300. The van der Waals surface area contributed by atoms with Crippen molar-refractivity contribution < 1.29 is 13.2 Å². The lowest BCUT2D eigenvalue weighted by atomic mass is 9.96. The fourth-order valence-corrected chi connectivity index (χ4v) is 7.61. The summed E-state index contributed by atoms with van der Waals surface area (Å²) in [5.41, 5.74) is 4.51. The van der Waals surface area contributed by atoms with Crippen molar-refractivity contribution in [3.63, 3.8) is 0 Å². The lowest BCUT2D eigenvalue weighted by Crippen LogP contribution is -2.38. The summed E-state index contributed by atoms with van der Waals surface area (Å²) in [6.45, 7) is 4.44. The molecule has 0 radical (unpaired) electrons. The molecule has 1 fully saturated rings. The van der Waals surface area contributed by atoms with Crippen molar-refractivity contribution in [3.8, 4) is 0 Å². The molecular formula is C30H33N3O3S2. The van der Waals surface area contributed by atoms with Crippen molar-refractivity contribution >= 4 is 42.6 Å². The molecular weight excluding hydrogens is 514 g/mol. The van der Waals surface area contributed by atoms with Crippen LogP contribution < -0.4 is 4.90 Å². The number of aryl methyl sites for hydroxylation is 2. The molecule has 1 saturated carbocycles. The summed E-state index contributed by atoms with van der Waals surface area (Å²) < 4.78 is 29.2. The minimum Gasteiger partial charge on any atom is -0.279 e. The molecule has 1 heterocycles. The molecule has 0 aliphatic heterocycles. The van der Waals surface area contributed by atoms with Crippen LogP contribution in [0.15, 0.2) is 71.6 Å². The van der Waals surface area contributed by atoms with E-state index in [9.17, 15) is 13.2 Å². The molecule has 0 bridgehead atoms. The number of benzene rings is 3. The van der Waals surface area contributed by atoms with Gasteiger partial charge in [0.25, 0.3) is 5.91 Å². The summed E-state index contributed by atoms with van der Waals surface area (Å²) in [7, 11) is -1.96. The predicted molar refractivity (Wildman–Crippen MR) is 154 cm³/mol. The summed E-state index contributed by atoms with van der Waals surface area (Å²) in [6.07, 6.45) is 5.05. The molecule has 8 heteroatoms. The number of carbonyl (C=O) groups is 1. The molecule has 38 heavy (non-hydrogen) atoms. The number of anilines is 1. The highest BCUT2D eigenvalue weighted by molar-refractivity contribution is 7.89. The van der Waals surface area contributed by atoms with Gasteiger partial charge in [0.1, 0.15) is 0 Å². The number of amides is 1. The maximum Gasteiger partial charge on any atom is 0.260 e. The molecule has 0 atom stereocenters. The second-order valence-corrected chi connectivity index (χ2v) is 13.1. The van der Waals surface area contributed by atoms with Crippen LogP contribution in [0.4, 0.5) is 5.13 Å². The molecule has 0 saturated heterocycles. The third-order valence-electron chi connectivity index (χ3n) is 7.46. The van der Waals surface area contributed by atoms with Crippen LogP contribution in [0.2, 0.25) is 0 Å². The highest BCUT2D eigenvalue weighted by atomic mass is 32.2. The van der Waals surface area contributed by atoms with Crippen molar-refractivity contribution in [2.75, 3.05) is 11.9 Å². The first kappa shape index (κ1) is 26.5. The zero-order valence-electron chi connectivity index (χ0n) is 22.1. The van der Waals surface area contributed by atoms with E-state index in [-0.39, 0.29) is 16.8 Å². The van der Waals surface area contributed by atoms with Crippen LogP contribution in [0.3, 0.4) is 0 Å². The van der Waals surface area contributed by atoms with Gasteiger partial charge in [-0.25, -0.2) is 13.4 Å². The van der Waals surface area contributed by atoms with Crippen LogP contribution in [0.25, 0.3) is 10.2 Å². The van der Waals surface area contributed by atoms with Gasteiger partial charge in [-0.1, -0.05) is 73.1 Å². The number of fused-ring (bicyclic) bond motifs is 1. The van der Waals surface area contributed by atoms with E-state index in [2.05, 4.69) is 13.0 Å². The fourth-order valence-electron chi connectivity index (χ4n) is 5.09. The monoisotopic (exact) mass is 547 g/mol. The Morgan fingerprint density at radius 3 is 2.24 bits per heavy atom. The Hall–Kier alpha value is -3.07. The van der Waals surface area contributed by atoms with Crippen LogP contribution in [0.1, 0.15) is 59.2 Å². The van der Waals surface area contributed by atoms with E-state index < -0.39 is 10.0 Å². The van der Waals surface area contributed by atoms with Gasteiger partial charge in [-0.3, -0.25) is 9.69 Å². The van der Waals surface area contributed by atoms with E-state index in [0.717, 1.165) is 59.0 Å². The number of nitrogens with zero attached hydrogens (tertiary/aromatic N) is 3. The molecule has 198 valence electrons. The zero-order chi connectivity index (χ0) is 26.9. The van der Waals surface area contributed by atoms with Crippen LogP contribution in [0.5, 0.6) is 0 Å². The lowest BCUT2D eigenvalue weighted by molar-refractivity contribution is 0.0985. The second-order valence-electron chi connectivity index (χ2n) is 10.1. The first-order chi connectivity index (χ1) is 18.3. The molecule has 5 rings (SSSR count). The summed E-state index contributed by atoms with van der Waals surface area (Å²) in [6, 6.07) is 20.3. The van der Waals surface area contributed by atoms with Gasteiger partial charge >= 0.3 is 0 Å². The minimum atomic E-state index is -3.63. The van der Waals surface area contributed by atoms with E-state index in [4.69, 9.17) is 4.98 Å². The standard InChI is InChI=1S/C30H33N3O3S2/c1-21-14-15-22(2)28-27(21)31-30(37-28)33(20-23-10-6-4-7-11-23)29(34)24-16-18-26(19-17-24)38(35,36)32(3)25-12-8-5-9-13-25/h4,6-7,10-11,14-19,25H,5,8-9,12-13,20H2,1-3H3. The summed E-state index contributed by atoms with van der Waals surface area (Å²) >= 11 is 1.51. The topological polar surface area (TPSA) is 70.6 Å². The molecule has 1 aromatic heterocycles. The van der Waals surface area contributed by atoms with Crippen molar-refractivity contribution in [1.29, 1.82) is 0 Å². The molecule has 1 amide bonds. The molecule has 6 nitrogen and oxygen atoms in total. The zero-order valence-corrected chi connectivity index (χ0v) is 23.7. The van der Waals surface area contributed by atoms with Gasteiger partial charge in [-0.2, -0.15) is 4.31 Å². The van der Waals surface area contributed by atoms with Gasteiger partial charge in [0.2, 0.25) is 10.0 Å². The van der Waals surface area contributed by atoms with E-state index in [1.807, 2.05) is 43.3 Å². The quantitative estimate of drug-likeness (QED) is 0.258. The Kier molecular flexibility index (Phi) is 7.66. The largest absolute Gasteiger partial charge is 0.279 e. The smallest absolute Gasteiger partial charge is 0.260 e. The highest BCUT2D eigenvalue weighted by Crippen LogP contribution is 2.35. The Bertz CT molecular complexity index is 1500. The highest BCUT2D eigenvalue weighted by Gasteiger charge is 2.30. The normalized spacial score (nSPS) is 14.7. The van der Waals surface area contributed by atoms with Crippen molar-refractivity contribution in [3.05, 3.63) is 89.0 Å². The van der Waals surface area contributed by atoms with Crippen LogP contribution >= 0.6 is 11.3 Å². The van der Waals surface area contributed by atoms with Crippen molar-refractivity contribution in [2.45, 2.75) is 63.4 Å². The number of thiazole rings is 1. The number of sulfonamides is 1. The summed E-state index contributed by atoms with van der Waals surface area (Å²) in [5.74, 6) is -0.215. The van der Waals surface area contributed by atoms with Crippen LogP contribution in [-0.2, 0) is 16.6 Å². The van der Waals surface area contributed by atoms with Gasteiger partial charge in [0.05, 0.1) is 21.7 Å². The molecule has 1 aliphatic rings. The first-order valence-electron chi connectivity index (χ1n) is 13.1. The van der Waals surface area contributed by atoms with Gasteiger partial charge in [-0.05, 0) is 67.6 Å². The van der Waals surface area contributed by atoms with Crippen LogP contribution in [0, 0.1) is 13.8 Å². The maximum absolute atomic E-state index is 13.9. The molecule has 0 spiro atoms. The van der Waals surface area contributed by atoms with Crippen molar-refractivity contribution in [1.82, 2.24) is 9.29 Å². The fraction of sp³-hybridized carbons (Fsp3) is 0.333. The molecule has 0 N–H and O–H groups in total. The third kappa shape index (κ3) is 5.25. The van der Waals surface area contributed by atoms with E-state index >= 15 is 0 Å². The van der Waals surface area contributed by atoms with Gasteiger partial charge < -0.3 is 0 Å². The average Bonchev–Trinajstić information content (AvgIpc) is 3.41. The molecule has 1 aliphatic carbocycles. The Morgan fingerprint density at radius 2 is 1.58 bits per heavy atom. The molecule has 4 aromatic rings. The van der Waals surface area contributed by atoms with E-state index in [1.54, 1.807) is 36.2 Å². The number of carbonyl (C=O) groups excluding carboxylic acids is 1. The van der Waals surface area contributed by atoms with Gasteiger partial charge in [-0.15, -0.1) is 0 Å². The van der Waals surface area contributed by atoms with E-state index in [0.29, 0.717) is 17.2 Å². The van der Waals surface area contributed by atoms with Gasteiger partial charge in [0, 0.05) is 18.7 Å². The van der Waals surface area contributed by atoms with E-state index in [1.165, 1.54) is 15.6 Å². The second kappa shape index (κ2) is 11.0. The molecule has 0 unspecified atom stereocenters. The number of hydrogen-bond donors (Lipinski definition) is 0. The Labute approximate surface area is 229 Å². The Morgan fingerprint density at radius 1 is 0.921 bits per heavy atom. The van der Waals surface area contributed by atoms with Gasteiger partial charge in [0.15, 0.2) is 5.13 Å². The van der Waals surface area contributed by atoms with Crippen LogP contribution in [-0.4, -0.2) is 36.7 Å². The molecule has 3 aromatic carbocycles. The summed E-state index contributed by atoms with van der Waals surface area (Å²) in [4.78, 5) is 20.6. The maximum atomic E-state index is 13.9. The third-order valence-corrected chi connectivity index (χ3v) is 10.6. The lowest BCUT2D eigenvalue weighted by Gasteiger charge is -2.30. The van der Waals surface area contributed by atoms with Crippen molar-refractivity contribution in [2.24, 2.45) is 0 Å². The number of rotatable bonds is 7. The number of hydrogen-bond acceptors (Lipinski definition) is 5. The first-order valence-corrected chi connectivity index (χ1v) is 15.3.